The standard InChI is InChI=1S/C14H9FN4O3/c15-9-1-2-11-12(5-9)18-8-16-6-10(18)7-19(22-14(20)21)4-3-17-13(11)19/h1-6,8H,7H2/p+1. The summed E-state index contributed by atoms with van der Waals surface area (Å²) >= 11 is 0. The van der Waals surface area contributed by atoms with Crippen LogP contribution in [0.5, 0.6) is 0 Å². The molecule has 0 amide bonds. The number of nitrogens with zero attached hydrogens (tertiary/aromatic N) is 4. The average Bonchev–Trinajstić information content (AvgIpc) is 3.04. The van der Waals surface area contributed by atoms with Crippen molar-refractivity contribution < 1.29 is 23.8 Å². The molecule has 0 aliphatic carbocycles. The minimum absolute atomic E-state index is 0.179. The molecule has 1 N–H and O–H groups in total. The Morgan fingerprint density at radius 1 is 1.45 bits per heavy atom. The molecule has 3 heterocycles. The van der Waals surface area contributed by atoms with E-state index in [1.54, 1.807) is 29.4 Å². The predicted octanol–water partition coefficient (Wildman–Crippen LogP) is 2.18. The van der Waals surface area contributed by atoms with Crippen LogP contribution in [0.1, 0.15) is 11.3 Å². The van der Waals surface area contributed by atoms with Crippen LogP contribution in [-0.4, -0.2) is 31.3 Å². The third kappa shape index (κ3) is 1.67. The Labute approximate surface area is 123 Å². The van der Waals surface area contributed by atoms with E-state index in [1.165, 1.54) is 18.3 Å². The highest BCUT2D eigenvalue weighted by molar-refractivity contribution is 5.99. The molecule has 0 fully saturated rings. The normalized spacial score (nSPS) is 21.4. The highest BCUT2D eigenvalue weighted by atomic mass is 19.1. The molecule has 0 spiro atoms. The lowest BCUT2D eigenvalue weighted by atomic mass is 10.1. The summed E-state index contributed by atoms with van der Waals surface area (Å²) in [4.78, 5) is 24.5. The second-order valence-electron chi connectivity index (χ2n) is 4.98. The third-order valence-corrected chi connectivity index (χ3v) is 3.68. The minimum atomic E-state index is -1.42. The summed E-state index contributed by atoms with van der Waals surface area (Å²) in [5.41, 5.74) is 1.82. The molecule has 1 unspecified atom stereocenters. The smallest absolute Gasteiger partial charge is 0.446 e. The molecule has 2 aliphatic rings. The molecule has 7 nitrogen and oxygen atoms in total. The number of hydrogen-bond donors (Lipinski definition) is 1. The predicted molar refractivity (Wildman–Crippen MR) is 72.3 cm³/mol. The molecule has 0 bridgehead atoms. The number of carbonyl (C=O) groups is 1. The quantitative estimate of drug-likeness (QED) is 0.819. The van der Waals surface area contributed by atoms with Crippen LogP contribution >= 0.6 is 0 Å². The number of rotatable bonds is 1. The monoisotopic (exact) mass is 301 g/mol. The number of hydroxylamine groups is 3. The summed E-state index contributed by atoms with van der Waals surface area (Å²) in [6, 6.07) is 4.23. The van der Waals surface area contributed by atoms with Crippen LogP contribution in [0, 0.1) is 5.82 Å². The number of carboxylic acid groups (broad SMARTS) is 1. The third-order valence-electron chi connectivity index (χ3n) is 3.68. The number of amidine groups is 1. The van der Waals surface area contributed by atoms with Gasteiger partial charge in [0.25, 0.3) is 5.84 Å². The van der Waals surface area contributed by atoms with Crippen molar-refractivity contribution in [3.8, 4) is 5.69 Å². The largest absolute Gasteiger partial charge is 0.557 e. The second-order valence-corrected chi connectivity index (χ2v) is 4.98. The number of hydrogen-bond acceptors (Lipinski definition) is 4. The Hall–Kier alpha value is -3.00. The lowest BCUT2D eigenvalue weighted by molar-refractivity contribution is -0.986. The van der Waals surface area contributed by atoms with Gasteiger partial charge in [0.15, 0.2) is 12.7 Å². The summed E-state index contributed by atoms with van der Waals surface area (Å²) < 4.78 is 14.9. The second kappa shape index (κ2) is 4.25. The molecule has 0 saturated carbocycles. The SMILES string of the molecule is O=C(O)O[N+]12C=CN=C1c1ccc(F)cc1-n1cncc1C2. The topological polar surface area (TPSA) is 76.7 Å². The van der Waals surface area contributed by atoms with Gasteiger partial charge in [0.2, 0.25) is 0 Å². The zero-order valence-corrected chi connectivity index (χ0v) is 11.2. The van der Waals surface area contributed by atoms with E-state index in [4.69, 9.17) is 9.94 Å². The summed E-state index contributed by atoms with van der Waals surface area (Å²) in [5.74, 6) is -0.00907. The Morgan fingerprint density at radius 3 is 3.14 bits per heavy atom. The van der Waals surface area contributed by atoms with Gasteiger partial charge in [-0.05, 0) is 22.8 Å². The van der Waals surface area contributed by atoms with E-state index < -0.39 is 16.6 Å². The van der Waals surface area contributed by atoms with Gasteiger partial charge in [-0.25, -0.2) is 14.2 Å². The Kier molecular flexibility index (Phi) is 2.46. The maximum Gasteiger partial charge on any atom is 0.557 e. The van der Waals surface area contributed by atoms with E-state index >= 15 is 0 Å². The van der Waals surface area contributed by atoms with Gasteiger partial charge in [-0.1, -0.05) is 0 Å². The van der Waals surface area contributed by atoms with Gasteiger partial charge >= 0.3 is 6.16 Å². The van der Waals surface area contributed by atoms with Crippen LogP contribution < -0.4 is 0 Å². The number of fused-ring (bicyclic) bond motifs is 5. The molecule has 2 aromatic rings. The fourth-order valence-electron chi connectivity index (χ4n) is 2.82. The van der Waals surface area contributed by atoms with E-state index in [9.17, 15) is 9.18 Å². The van der Waals surface area contributed by atoms with Gasteiger partial charge in [-0.15, -0.1) is 0 Å². The molecule has 110 valence electrons. The molecule has 2 aliphatic heterocycles. The first-order valence-electron chi connectivity index (χ1n) is 6.47. The minimum Gasteiger partial charge on any atom is -0.446 e. The van der Waals surface area contributed by atoms with Crippen molar-refractivity contribution >= 4 is 12.0 Å². The zero-order valence-electron chi connectivity index (χ0n) is 11.2. The molecule has 22 heavy (non-hydrogen) atoms. The van der Waals surface area contributed by atoms with Crippen molar-refractivity contribution in [1.29, 1.82) is 0 Å². The van der Waals surface area contributed by atoms with E-state index in [0.29, 0.717) is 22.8 Å². The van der Waals surface area contributed by atoms with Crippen molar-refractivity contribution in [2.24, 2.45) is 4.99 Å². The first-order valence-corrected chi connectivity index (χ1v) is 6.47. The number of aromatic nitrogens is 2. The van der Waals surface area contributed by atoms with Crippen molar-refractivity contribution in [2.75, 3.05) is 0 Å². The first kappa shape index (κ1) is 12.7. The molecule has 8 heteroatoms. The molecule has 0 radical (unpaired) electrons. The van der Waals surface area contributed by atoms with Crippen molar-refractivity contribution in [3.05, 3.63) is 60.2 Å². The maximum absolute atomic E-state index is 13.7. The number of benzene rings is 1. The van der Waals surface area contributed by atoms with Crippen LogP contribution in [0.15, 0.2) is 48.1 Å². The van der Waals surface area contributed by atoms with Crippen molar-refractivity contribution in [3.63, 3.8) is 0 Å². The van der Waals surface area contributed by atoms with Gasteiger partial charge in [0.1, 0.15) is 11.5 Å². The van der Waals surface area contributed by atoms with Gasteiger partial charge in [-0.3, -0.25) is 4.57 Å². The summed E-state index contributed by atoms with van der Waals surface area (Å²) in [5, 5.41) is 9.08. The van der Waals surface area contributed by atoms with E-state index in [2.05, 4.69) is 9.98 Å². The first-order chi connectivity index (χ1) is 10.6. The van der Waals surface area contributed by atoms with Crippen LogP contribution in [0.2, 0.25) is 0 Å². The molecule has 1 atom stereocenters. The molecule has 1 aromatic carbocycles. The van der Waals surface area contributed by atoms with Crippen LogP contribution in [-0.2, 0) is 11.4 Å². The maximum atomic E-state index is 13.7. The fraction of sp³-hybridized carbons (Fsp3) is 0.0714. The highest BCUT2D eigenvalue weighted by Gasteiger charge is 2.46. The fourth-order valence-corrected chi connectivity index (χ4v) is 2.82. The Morgan fingerprint density at radius 2 is 2.32 bits per heavy atom. The molecule has 4 rings (SSSR count). The highest BCUT2D eigenvalue weighted by Crippen LogP contribution is 2.33. The van der Waals surface area contributed by atoms with E-state index in [-0.39, 0.29) is 6.54 Å². The number of imidazole rings is 1. The van der Waals surface area contributed by atoms with Crippen LogP contribution in [0.25, 0.3) is 5.69 Å². The van der Waals surface area contributed by atoms with E-state index in [0.717, 1.165) is 0 Å². The summed E-state index contributed by atoms with van der Waals surface area (Å²) in [6.07, 6.45) is 4.75. The van der Waals surface area contributed by atoms with Crippen molar-refractivity contribution in [1.82, 2.24) is 9.55 Å². The molecule has 0 saturated heterocycles. The Balaban J connectivity index is 2.01. The van der Waals surface area contributed by atoms with Gasteiger partial charge < -0.3 is 5.11 Å². The lowest BCUT2D eigenvalue weighted by Crippen LogP contribution is -2.46. The average molecular weight is 301 g/mol. The zero-order chi connectivity index (χ0) is 15.3. The lowest BCUT2D eigenvalue weighted by Gasteiger charge is -2.24. The molecular weight excluding hydrogens is 291 g/mol. The summed E-state index contributed by atoms with van der Waals surface area (Å²) in [7, 11) is 0. The Bertz CT molecular complexity index is 858. The van der Waals surface area contributed by atoms with Gasteiger partial charge in [-0.2, -0.15) is 9.79 Å². The summed E-state index contributed by atoms with van der Waals surface area (Å²) in [6.45, 7) is 0.179. The van der Waals surface area contributed by atoms with Crippen LogP contribution in [0.4, 0.5) is 9.18 Å². The van der Waals surface area contributed by atoms with Gasteiger partial charge in [0.05, 0.1) is 30.0 Å². The number of halogens is 1. The molecular formula is C14H10FN4O3+. The van der Waals surface area contributed by atoms with Crippen LogP contribution in [0.3, 0.4) is 0 Å². The number of quaternary nitrogens is 1. The number of aliphatic imine (C=N–C) groups is 1. The molecule has 1 aromatic heterocycles. The van der Waals surface area contributed by atoms with Gasteiger partial charge in [0, 0.05) is 0 Å². The van der Waals surface area contributed by atoms with E-state index in [1.807, 2.05) is 0 Å². The van der Waals surface area contributed by atoms with Crippen molar-refractivity contribution in [2.45, 2.75) is 6.54 Å².